The number of amides is 1. The first-order valence-electron chi connectivity index (χ1n) is 8.75. The molecule has 4 rings (SSSR count). The van der Waals surface area contributed by atoms with Crippen LogP contribution in [0.5, 0.6) is 0 Å². The van der Waals surface area contributed by atoms with Gasteiger partial charge in [-0.1, -0.05) is 17.7 Å². The molecule has 1 aromatic carbocycles. The van der Waals surface area contributed by atoms with Crippen LogP contribution < -0.4 is 0 Å². The van der Waals surface area contributed by atoms with Crippen molar-refractivity contribution in [2.24, 2.45) is 0 Å². The van der Waals surface area contributed by atoms with E-state index in [0.717, 1.165) is 17.7 Å². The first kappa shape index (κ1) is 18.2. The van der Waals surface area contributed by atoms with Gasteiger partial charge in [0, 0.05) is 28.6 Å². The number of thiophene rings is 1. The van der Waals surface area contributed by atoms with Crippen molar-refractivity contribution in [3.63, 3.8) is 0 Å². The van der Waals surface area contributed by atoms with Crippen molar-refractivity contribution in [2.45, 2.75) is 25.0 Å². The minimum atomic E-state index is -0.668. The minimum absolute atomic E-state index is 0.0822. The molecule has 0 unspecified atom stereocenters. The summed E-state index contributed by atoms with van der Waals surface area (Å²) in [6.07, 6.45) is 1.72. The number of aliphatic hydroxyl groups excluding tert-OH is 1. The molecule has 0 aliphatic carbocycles. The van der Waals surface area contributed by atoms with E-state index in [1.165, 1.54) is 16.2 Å². The van der Waals surface area contributed by atoms with Gasteiger partial charge < -0.3 is 14.7 Å². The van der Waals surface area contributed by atoms with Crippen LogP contribution in [0.4, 0.5) is 0 Å². The van der Waals surface area contributed by atoms with Gasteiger partial charge in [-0.05, 0) is 48.6 Å². The van der Waals surface area contributed by atoms with Crippen LogP contribution >= 0.6 is 22.9 Å². The van der Waals surface area contributed by atoms with E-state index in [1.807, 2.05) is 17.5 Å². The van der Waals surface area contributed by atoms with Crippen LogP contribution in [0, 0.1) is 0 Å². The number of ether oxygens (including phenoxy) is 1. The Hall–Kier alpha value is -2.15. The van der Waals surface area contributed by atoms with Gasteiger partial charge in [-0.2, -0.15) is 0 Å². The lowest BCUT2D eigenvalue weighted by molar-refractivity contribution is -0.140. The Balaban J connectivity index is 1.78. The zero-order valence-corrected chi connectivity index (χ0v) is 16.0. The molecule has 5 nitrogen and oxygen atoms in total. The van der Waals surface area contributed by atoms with Crippen LogP contribution in [-0.2, 0) is 14.3 Å². The van der Waals surface area contributed by atoms with E-state index in [0.29, 0.717) is 23.7 Å². The largest absolute Gasteiger partial charge is 0.507 e. The topological polar surface area (TPSA) is 66.8 Å². The number of nitrogens with zero attached hydrogens (tertiary/aromatic N) is 1. The van der Waals surface area contributed by atoms with Crippen molar-refractivity contribution in [1.82, 2.24) is 4.90 Å². The summed E-state index contributed by atoms with van der Waals surface area (Å²) in [5, 5.41) is 13.3. The Bertz CT molecular complexity index is 885. The van der Waals surface area contributed by atoms with Crippen LogP contribution in [0.25, 0.3) is 5.76 Å². The molecule has 0 radical (unpaired) electrons. The smallest absolute Gasteiger partial charge is 0.295 e. The summed E-state index contributed by atoms with van der Waals surface area (Å²) in [6.45, 7) is 1.01. The molecule has 2 fully saturated rings. The van der Waals surface area contributed by atoms with E-state index >= 15 is 0 Å². The van der Waals surface area contributed by atoms with Gasteiger partial charge in [0.2, 0.25) is 0 Å². The average Bonchev–Trinajstić information content (AvgIpc) is 3.40. The Morgan fingerprint density at radius 1 is 1.26 bits per heavy atom. The van der Waals surface area contributed by atoms with E-state index < -0.39 is 17.7 Å². The fourth-order valence-electron chi connectivity index (χ4n) is 3.58. The number of likely N-dealkylation sites (tertiary alicyclic amines) is 1. The van der Waals surface area contributed by atoms with Crippen molar-refractivity contribution in [2.75, 3.05) is 13.2 Å². The molecule has 3 heterocycles. The first-order chi connectivity index (χ1) is 13.1. The number of rotatable bonds is 4. The molecule has 7 heteroatoms. The van der Waals surface area contributed by atoms with Crippen LogP contribution in [0.1, 0.15) is 29.3 Å². The lowest BCUT2D eigenvalue weighted by Gasteiger charge is -2.26. The summed E-state index contributed by atoms with van der Waals surface area (Å²) in [5.74, 6) is -1.45. The van der Waals surface area contributed by atoms with Gasteiger partial charge in [0.25, 0.3) is 11.7 Å². The fraction of sp³-hybridized carbons (Fsp3) is 0.300. The molecule has 0 saturated carbocycles. The average molecular weight is 404 g/mol. The molecule has 140 valence electrons. The third-order valence-corrected chi connectivity index (χ3v) is 6.07. The summed E-state index contributed by atoms with van der Waals surface area (Å²) < 4.78 is 5.66. The van der Waals surface area contributed by atoms with E-state index in [2.05, 4.69) is 0 Å². The van der Waals surface area contributed by atoms with E-state index in [-0.39, 0.29) is 17.4 Å². The second-order valence-electron chi connectivity index (χ2n) is 6.61. The molecule has 2 saturated heterocycles. The van der Waals surface area contributed by atoms with Crippen molar-refractivity contribution in [3.8, 4) is 0 Å². The van der Waals surface area contributed by atoms with Crippen molar-refractivity contribution in [3.05, 3.63) is 62.8 Å². The summed E-state index contributed by atoms with van der Waals surface area (Å²) in [6, 6.07) is 9.68. The quantitative estimate of drug-likeness (QED) is 0.476. The normalized spacial score (nSPS) is 24.7. The molecule has 1 aromatic heterocycles. The van der Waals surface area contributed by atoms with E-state index in [9.17, 15) is 14.7 Å². The standard InChI is InChI=1S/C20H18ClNO4S/c21-13-7-5-12(6-8-13)18(23)16-17(15-4-2-10-27-15)22(20(25)19(16)24)11-14-3-1-9-26-14/h2,4-8,10,14,17,23H,1,3,9,11H2/t14-,17+/m1/s1. The van der Waals surface area contributed by atoms with Gasteiger partial charge in [0.15, 0.2) is 0 Å². The predicted octanol–water partition coefficient (Wildman–Crippen LogP) is 4.00. The van der Waals surface area contributed by atoms with Crippen LogP contribution in [0.3, 0.4) is 0 Å². The number of ketones is 1. The van der Waals surface area contributed by atoms with Crippen molar-refractivity contribution in [1.29, 1.82) is 0 Å². The SMILES string of the molecule is O=C1C(=O)N(C[C@H]2CCCO2)[C@@H](c2cccs2)C1=C(O)c1ccc(Cl)cc1. The molecular formula is C20H18ClNO4S. The van der Waals surface area contributed by atoms with Crippen LogP contribution in [-0.4, -0.2) is 41.0 Å². The number of carbonyl (C=O) groups is 2. The number of aliphatic hydroxyl groups is 1. The summed E-state index contributed by atoms with van der Waals surface area (Å²) >= 11 is 7.37. The van der Waals surface area contributed by atoms with Gasteiger partial charge in [-0.3, -0.25) is 9.59 Å². The molecule has 2 atom stereocenters. The minimum Gasteiger partial charge on any atom is -0.507 e. The maximum absolute atomic E-state index is 12.8. The fourth-order valence-corrected chi connectivity index (χ4v) is 4.55. The molecular weight excluding hydrogens is 386 g/mol. The molecule has 2 aliphatic heterocycles. The van der Waals surface area contributed by atoms with Gasteiger partial charge in [0.1, 0.15) is 5.76 Å². The highest BCUT2D eigenvalue weighted by Gasteiger charge is 2.47. The zero-order valence-electron chi connectivity index (χ0n) is 14.4. The van der Waals surface area contributed by atoms with Crippen molar-refractivity contribution >= 4 is 40.4 Å². The highest BCUT2D eigenvalue weighted by Crippen LogP contribution is 2.41. The summed E-state index contributed by atoms with van der Waals surface area (Å²) in [7, 11) is 0. The number of halogens is 1. The molecule has 1 N–H and O–H groups in total. The lowest BCUT2D eigenvalue weighted by Crippen LogP contribution is -2.36. The Morgan fingerprint density at radius 3 is 2.67 bits per heavy atom. The second kappa shape index (κ2) is 7.46. The van der Waals surface area contributed by atoms with Gasteiger partial charge >= 0.3 is 0 Å². The lowest BCUT2D eigenvalue weighted by atomic mass is 10.00. The first-order valence-corrected chi connectivity index (χ1v) is 10.0. The molecule has 27 heavy (non-hydrogen) atoms. The molecule has 2 aliphatic rings. The number of hydrogen-bond donors (Lipinski definition) is 1. The monoisotopic (exact) mass is 403 g/mol. The predicted molar refractivity (Wildman–Crippen MR) is 104 cm³/mol. The highest BCUT2D eigenvalue weighted by atomic mass is 35.5. The zero-order chi connectivity index (χ0) is 19.0. The molecule has 0 bridgehead atoms. The maximum Gasteiger partial charge on any atom is 0.295 e. The van der Waals surface area contributed by atoms with E-state index in [4.69, 9.17) is 16.3 Å². The molecule has 1 amide bonds. The Labute approximate surface area is 165 Å². The third kappa shape index (κ3) is 3.40. The van der Waals surface area contributed by atoms with Crippen molar-refractivity contribution < 1.29 is 19.4 Å². The van der Waals surface area contributed by atoms with Crippen LogP contribution in [0.2, 0.25) is 5.02 Å². The number of carbonyl (C=O) groups excluding carboxylic acids is 2. The highest BCUT2D eigenvalue weighted by molar-refractivity contribution is 7.10. The van der Waals surface area contributed by atoms with Gasteiger partial charge in [-0.15, -0.1) is 11.3 Å². The number of benzene rings is 1. The summed E-state index contributed by atoms with van der Waals surface area (Å²) in [5.41, 5.74) is 0.568. The van der Waals surface area contributed by atoms with E-state index in [1.54, 1.807) is 24.3 Å². The second-order valence-corrected chi connectivity index (χ2v) is 8.02. The number of Topliss-reactive ketones (excluding diaryl/α,β-unsaturated/α-hetero) is 1. The Kier molecular flexibility index (Phi) is 5.04. The third-order valence-electron chi connectivity index (χ3n) is 4.89. The van der Waals surface area contributed by atoms with Gasteiger partial charge in [-0.25, -0.2) is 0 Å². The summed E-state index contributed by atoms with van der Waals surface area (Å²) in [4.78, 5) is 27.9. The number of hydrogen-bond acceptors (Lipinski definition) is 5. The molecule has 0 spiro atoms. The van der Waals surface area contributed by atoms with Gasteiger partial charge in [0.05, 0.1) is 17.7 Å². The molecule has 2 aromatic rings. The maximum atomic E-state index is 12.8. The Morgan fingerprint density at radius 2 is 2.04 bits per heavy atom. The van der Waals surface area contributed by atoms with Crippen LogP contribution in [0.15, 0.2) is 47.4 Å².